The predicted octanol–water partition coefficient (Wildman–Crippen LogP) is 1.85. The smallest absolute Gasteiger partial charge is 0.339 e. The minimum atomic E-state index is -3.94. The number of rotatable bonds is 5. The molecule has 0 saturated heterocycles. The van der Waals surface area contributed by atoms with Gasteiger partial charge in [-0.2, -0.15) is 0 Å². The molecule has 0 amide bonds. The van der Waals surface area contributed by atoms with Crippen LogP contribution in [-0.2, 0) is 10.0 Å². The van der Waals surface area contributed by atoms with E-state index in [1.165, 1.54) is 12.1 Å². The van der Waals surface area contributed by atoms with Crippen LogP contribution in [0.15, 0.2) is 23.1 Å². The number of hydrogen-bond acceptors (Lipinski definition) is 4. The van der Waals surface area contributed by atoms with E-state index in [-0.39, 0.29) is 21.6 Å². The van der Waals surface area contributed by atoms with Gasteiger partial charge in [-0.15, -0.1) is 0 Å². The summed E-state index contributed by atoms with van der Waals surface area (Å²) in [6, 6.07) is 3.55. The first kappa shape index (κ1) is 16.5. The van der Waals surface area contributed by atoms with Crippen LogP contribution >= 0.6 is 0 Å². The van der Waals surface area contributed by atoms with Crippen molar-refractivity contribution < 1.29 is 23.1 Å². The number of benzene rings is 1. The Labute approximate surface area is 118 Å². The second kappa shape index (κ2) is 5.80. The van der Waals surface area contributed by atoms with Crippen molar-refractivity contribution in [1.82, 2.24) is 0 Å². The molecule has 6 nitrogen and oxygen atoms in total. The van der Waals surface area contributed by atoms with E-state index in [0.29, 0.717) is 6.61 Å². The first-order chi connectivity index (χ1) is 9.00. The topological polar surface area (TPSA) is 107 Å². The van der Waals surface area contributed by atoms with Crippen LogP contribution in [0.4, 0.5) is 0 Å². The van der Waals surface area contributed by atoms with Gasteiger partial charge in [0.05, 0.1) is 11.5 Å². The lowest BCUT2D eigenvalue weighted by Crippen LogP contribution is -2.15. The Morgan fingerprint density at radius 3 is 2.40 bits per heavy atom. The maximum absolute atomic E-state index is 11.2. The molecule has 0 fully saturated rings. The average Bonchev–Trinajstić information content (AvgIpc) is 2.25. The molecule has 0 heterocycles. The molecule has 0 aliphatic carbocycles. The maximum atomic E-state index is 11.2. The van der Waals surface area contributed by atoms with Crippen LogP contribution in [0.2, 0.25) is 0 Å². The van der Waals surface area contributed by atoms with Gasteiger partial charge >= 0.3 is 5.97 Å². The SMILES string of the molecule is CC(C)(C)CCOc1ccc(S(N)(=O)=O)cc1C(=O)O. The summed E-state index contributed by atoms with van der Waals surface area (Å²) in [5.41, 5.74) is -0.158. The van der Waals surface area contributed by atoms with E-state index in [9.17, 15) is 13.2 Å². The molecular formula is C13H19NO5S. The zero-order valence-corrected chi connectivity index (χ0v) is 12.5. The first-order valence-corrected chi connectivity index (χ1v) is 7.58. The molecule has 0 radical (unpaired) electrons. The Morgan fingerprint density at radius 2 is 1.95 bits per heavy atom. The lowest BCUT2D eigenvalue weighted by molar-refractivity contribution is 0.0691. The van der Waals surface area contributed by atoms with Crippen LogP contribution in [0.25, 0.3) is 0 Å². The van der Waals surface area contributed by atoms with Crippen molar-refractivity contribution in [2.45, 2.75) is 32.1 Å². The second-order valence-corrected chi connectivity index (χ2v) is 7.23. The summed E-state index contributed by atoms with van der Waals surface area (Å²) in [5.74, 6) is -1.13. The normalized spacial score (nSPS) is 12.2. The summed E-state index contributed by atoms with van der Waals surface area (Å²) in [5, 5.41) is 14.1. The van der Waals surface area contributed by atoms with Gasteiger partial charge in [0.1, 0.15) is 11.3 Å². The highest BCUT2D eigenvalue weighted by molar-refractivity contribution is 7.89. The Bertz CT molecular complexity index is 602. The number of hydrogen-bond donors (Lipinski definition) is 2. The zero-order valence-electron chi connectivity index (χ0n) is 11.7. The summed E-state index contributed by atoms with van der Waals surface area (Å²) >= 11 is 0. The Hall–Kier alpha value is -1.60. The Morgan fingerprint density at radius 1 is 1.35 bits per heavy atom. The third kappa shape index (κ3) is 4.82. The van der Waals surface area contributed by atoms with Gasteiger partial charge in [-0.1, -0.05) is 20.8 Å². The van der Waals surface area contributed by atoms with E-state index in [1.54, 1.807) is 0 Å². The van der Waals surface area contributed by atoms with Crippen LogP contribution in [0, 0.1) is 5.41 Å². The van der Waals surface area contributed by atoms with E-state index in [4.69, 9.17) is 15.0 Å². The molecule has 0 unspecified atom stereocenters. The molecular weight excluding hydrogens is 282 g/mol. The maximum Gasteiger partial charge on any atom is 0.339 e. The molecule has 20 heavy (non-hydrogen) atoms. The zero-order chi connectivity index (χ0) is 15.6. The summed E-state index contributed by atoms with van der Waals surface area (Å²) in [6.45, 7) is 6.47. The lowest BCUT2D eigenvalue weighted by atomic mass is 9.93. The summed E-state index contributed by atoms with van der Waals surface area (Å²) < 4.78 is 27.8. The van der Waals surface area contributed by atoms with Crippen molar-refractivity contribution in [1.29, 1.82) is 0 Å². The molecule has 0 spiro atoms. The quantitative estimate of drug-likeness (QED) is 0.863. The highest BCUT2D eigenvalue weighted by atomic mass is 32.2. The van der Waals surface area contributed by atoms with Crippen LogP contribution < -0.4 is 9.88 Å². The van der Waals surface area contributed by atoms with Crippen molar-refractivity contribution in [3.8, 4) is 5.75 Å². The Balaban J connectivity index is 3.00. The number of carboxylic acids is 1. The van der Waals surface area contributed by atoms with E-state index < -0.39 is 16.0 Å². The second-order valence-electron chi connectivity index (χ2n) is 5.67. The molecule has 0 saturated carbocycles. The number of aromatic carboxylic acids is 1. The lowest BCUT2D eigenvalue weighted by Gasteiger charge is -2.18. The molecule has 1 rings (SSSR count). The third-order valence-electron chi connectivity index (χ3n) is 2.62. The number of sulfonamides is 1. The van der Waals surface area contributed by atoms with Crippen molar-refractivity contribution in [3.05, 3.63) is 23.8 Å². The minimum Gasteiger partial charge on any atom is -0.493 e. The van der Waals surface area contributed by atoms with Crippen LogP contribution in [0.1, 0.15) is 37.6 Å². The fourth-order valence-corrected chi connectivity index (χ4v) is 1.99. The highest BCUT2D eigenvalue weighted by Crippen LogP contribution is 2.24. The van der Waals surface area contributed by atoms with E-state index in [2.05, 4.69) is 0 Å². The monoisotopic (exact) mass is 301 g/mol. The standard InChI is InChI=1S/C13H19NO5S/c1-13(2,3)6-7-19-11-5-4-9(20(14,17)18)8-10(11)12(15)16/h4-5,8H,6-7H2,1-3H3,(H,15,16)(H2,14,17,18). The first-order valence-electron chi connectivity index (χ1n) is 6.04. The van der Waals surface area contributed by atoms with E-state index >= 15 is 0 Å². The molecule has 0 atom stereocenters. The molecule has 1 aromatic carbocycles. The van der Waals surface area contributed by atoms with Gasteiger partial charge in [-0.3, -0.25) is 0 Å². The molecule has 0 aliphatic heterocycles. The Kier molecular flexibility index (Phi) is 4.77. The molecule has 1 aromatic rings. The van der Waals surface area contributed by atoms with E-state index in [1.807, 2.05) is 20.8 Å². The number of primary sulfonamides is 1. The minimum absolute atomic E-state index is 0.0594. The summed E-state index contributed by atoms with van der Waals surface area (Å²) in [4.78, 5) is 10.9. The predicted molar refractivity (Wildman–Crippen MR) is 74.3 cm³/mol. The van der Waals surface area contributed by atoms with Gasteiger partial charge in [0.15, 0.2) is 0 Å². The molecule has 0 bridgehead atoms. The molecule has 3 N–H and O–H groups in total. The number of ether oxygens (including phenoxy) is 1. The van der Waals surface area contributed by atoms with Gasteiger partial charge < -0.3 is 9.84 Å². The van der Waals surface area contributed by atoms with Gasteiger partial charge in [0.25, 0.3) is 0 Å². The van der Waals surface area contributed by atoms with Crippen LogP contribution in [0.3, 0.4) is 0 Å². The molecule has 112 valence electrons. The fourth-order valence-electron chi connectivity index (χ4n) is 1.45. The third-order valence-corrected chi connectivity index (χ3v) is 3.53. The summed E-state index contributed by atoms with van der Waals surface area (Å²) in [7, 11) is -3.94. The van der Waals surface area contributed by atoms with E-state index in [0.717, 1.165) is 12.5 Å². The number of carboxylic acid groups (broad SMARTS) is 1. The van der Waals surface area contributed by atoms with Crippen molar-refractivity contribution in [3.63, 3.8) is 0 Å². The largest absolute Gasteiger partial charge is 0.493 e. The molecule has 0 aliphatic rings. The fraction of sp³-hybridized carbons (Fsp3) is 0.462. The molecule has 7 heteroatoms. The van der Waals surface area contributed by atoms with Crippen molar-refractivity contribution in [2.24, 2.45) is 10.6 Å². The summed E-state index contributed by atoms with van der Waals surface area (Å²) in [6.07, 6.45) is 0.739. The van der Waals surface area contributed by atoms with Gasteiger partial charge in [-0.05, 0) is 30.0 Å². The number of carbonyl (C=O) groups is 1. The molecule has 0 aromatic heterocycles. The van der Waals surface area contributed by atoms with Gasteiger partial charge in [-0.25, -0.2) is 18.4 Å². The highest BCUT2D eigenvalue weighted by Gasteiger charge is 2.18. The average molecular weight is 301 g/mol. The van der Waals surface area contributed by atoms with Gasteiger partial charge in [0, 0.05) is 0 Å². The number of nitrogens with two attached hydrogens (primary N) is 1. The van der Waals surface area contributed by atoms with Crippen molar-refractivity contribution in [2.75, 3.05) is 6.61 Å². The van der Waals surface area contributed by atoms with Crippen LogP contribution in [0.5, 0.6) is 5.75 Å². The van der Waals surface area contributed by atoms with Crippen LogP contribution in [-0.4, -0.2) is 26.1 Å². The van der Waals surface area contributed by atoms with Crippen molar-refractivity contribution >= 4 is 16.0 Å². The van der Waals surface area contributed by atoms with Gasteiger partial charge in [0.2, 0.25) is 10.0 Å².